The quantitative estimate of drug-likeness (QED) is 0.649. The van der Waals surface area contributed by atoms with Gasteiger partial charge in [0.05, 0.1) is 19.0 Å². The maximum absolute atomic E-state index is 12.7. The van der Waals surface area contributed by atoms with Crippen LogP contribution in [0.15, 0.2) is 11.1 Å². The Hall–Kier alpha value is -2.37. The number of hydrogen-bond acceptors (Lipinski definition) is 7. The van der Waals surface area contributed by atoms with Crippen LogP contribution in [0.3, 0.4) is 0 Å². The first kappa shape index (κ1) is 23.3. The van der Waals surface area contributed by atoms with Crippen LogP contribution in [-0.2, 0) is 18.8 Å². The molecule has 1 aliphatic heterocycles. The van der Waals surface area contributed by atoms with Gasteiger partial charge in [0.15, 0.2) is 31.5 Å². The molecule has 10 nitrogen and oxygen atoms in total. The summed E-state index contributed by atoms with van der Waals surface area (Å²) in [6.45, 7) is 14.5. The molecule has 2 aromatic heterocycles. The van der Waals surface area contributed by atoms with Gasteiger partial charge in [-0.2, -0.15) is 4.98 Å². The SMILES string of the molecule is CC(C)C(=O)Nc1nc2c(ncn2[C@@H]2O[C@H](CO[Si](C)(C)C(C)(C)C)CC2=O)c(=O)[nH]1. The standard InChI is InChI=1S/C20H31N5O5Si/c1-11(2)16(27)23-19-22-15-14(17(28)24-19)21-10-25(15)18-13(26)8-12(30-18)9-29-31(6,7)20(3,4)5/h10-12,18H,8-9H2,1-7H3,(H2,22,23,24,27,28)/t12-,18+/m0/s1. The molecule has 0 bridgehead atoms. The first-order valence-electron chi connectivity index (χ1n) is 10.4. The molecule has 0 aromatic carbocycles. The van der Waals surface area contributed by atoms with Crippen molar-refractivity contribution in [2.45, 2.75) is 71.5 Å². The molecule has 0 unspecified atom stereocenters. The predicted octanol–water partition coefficient (Wildman–Crippen LogP) is 2.59. The highest BCUT2D eigenvalue weighted by atomic mass is 28.4. The van der Waals surface area contributed by atoms with E-state index in [9.17, 15) is 14.4 Å². The van der Waals surface area contributed by atoms with Crippen molar-refractivity contribution in [3.8, 4) is 0 Å². The van der Waals surface area contributed by atoms with Crippen molar-refractivity contribution < 1.29 is 18.8 Å². The Bertz CT molecular complexity index is 1050. The minimum atomic E-state index is -1.97. The van der Waals surface area contributed by atoms with Crippen molar-refractivity contribution in [1.29, 1.82) is 0 Å². The highest BCUT2D eigenvalue weighted by Crippen LogP contribution is 2.37. The van der Waals surface area contributed by atoms with E-state index in [0.717, 1.165) is 0 Å². The third-order valence-corrected chi connectivity index (χ3v) is 10.4. The summed E-state index contributed by atoms with van der Waals surface area (Å²) in [4.78, 5) is 47.9. The largest absolute Gasteiger partial charge is 0.414 e. The molecule has 31 heavy (non-hydrogen) atoms. The normalized spacial score (nSPS) is 20.1. The summed E-state index contributed by atoms with van der Waals surface area (Å²) < 4.78 is 13.6. The topological polar surface area (TPSA) is 128 Å². The summed E-state index contributed by atoms with van der Waals surface area (Å²) in [5.41, 5.74) is -0.266. The van der Waals surface area contributed by atoms with Gasteiger partial charge in [0, 0.05) is 12.3 Å². The van der Waals surface area contributed by atoms with Crippen molar-refractivity contribution in [2.75, 3.05) is 11.9 Å². The second kappa shape index (κ2) is 8.28. The van der Waals surface area contributed by atoms with Gasteiger partial charge in [-0.15, -0.1) is 0 Å². The van der Waals surface area contributed by atoms with Gasteiger partial charge in [-0.1, -0.05) is 34.6 Å². The Morgan fingerprint density at radius 2 is 2.06 bits per heavy atom. The number of nitrogens with one attached hydrogen (secondary N) is 2. The van der Waals surface area contributed by atoms with Crippen LogP contribution >= 0.6 is 0 Å². The molecule has 170 valence electrons. The van der Waals surface area contributed by atoms with Crippen molar-refractivity contribution in [3.63, 3.8) is 0 Å². The number of rotatable bonds is 6. The van der Waals surface area contributed by atoms with Crippen LogP contribution in [0.25, 0.3) is 11.2 Å². The Labute approximate surface area is 181 Å². The minimum absolute atomic E-state index is 0.00112. The van der Waals surface area contributed by atoms with Crippen LogP contribution < -0.4 is 10.9 Å². The summed E-state index contributed by atoms with van der Waals surface area (Å²) in [6, 6.07) is 0. The van der Waals surface area contributed by atoms with Crippen LogP contribution in [0.2, 0.25) is 18.1 Å². The predicted molar refractivity (Wildman–Crippen MR) is 118 cm³/mol. The van der Waals surface area contributed by atoms with E-state index in [2.05, 4.69) is 54.1 Å². The number of aromatic nitrogens is 4. The van der Waals surface area contributed by atoms with Crippen LogP contribution in [0, 0.1) is 5.92 Å². The van der Waals surface area contributed by atoms with Crippen LogP contribution in [0.1, 0.15) is 47.3 Å². The van der Waals surface area contributed by atoms with Gasteiger partial charge in [0.2, 0.25) is 11.9 Å². The second-order valence-electron chi connectivity index (χ2n) is 9.73. The first-order chi connectivity index (χ1) is 14.3. The molecule has 3 heterocycles. The molecule has 0 aliphatic carbocycles. The Kier molecular flexibility index (Phi) is 6.22. The molecule has 3 rings (SSSR count). The van der Waals surface area contributed by atoms with Gasteiger partial charge in [-0.05, 0) is 18.1 Å². The number of carbonyl (C=O) groups is 2. The number of carbonyl (C=O) groups excluding carboxylic acids is 2. The maximum Gasteiger partial charge on any atom is 0.280 e. The fourth-order valence-corrected chi connectivity index (χ4v) is 3.92. The Morgan fingerprint density at radius 3 is 2.68 bits per heavy atom. The summed E-state index contributed by atoms with van der Waals surface area (Å²) in [5, 5.41) is 2.62. The van der Waals surface area contributed by atoms with Gasteiger partial charge in [0.25, 0.3) is 5.56 Å². The summed E-state index contributed by atoms with van der Waals surface area (Å²) in [5.74, 6) is -0.712. The number of H-pyrrole nitrogens is 1. The van der Waals surface area contributed by atoms with Gasteiger partial charge in [-0.3, -0.25) is 29.3 Å². The van der Waals surface area contributed by atoms with Crippen LogP contribution in [0.5, 0.6) is 0 Å². The number of imidazole rings is 1. The highest BCUT2D eigenvalue weighted by Gasteiger charge is 2.41. The summed E-state index contributed by atoms with van der Waals surface area (Å²) in [6.07, 6.45) is 0.242. The van der Waals surface area contributed by atoms with Crippen LogP contribution in [-0.4, -0.2) is 52.2 Å². The van der Waals surface area contributed by atoms with Gasteiger partial charge >= 0.3 is 0 Å². The lowest BCUT2D eigenvalue weighted by atomic mass is 10.2. The van der Waals surface area contributed by atoms with Crippen molar-refractivity contribution in [1.82, 2.24) is 19.5 Å². The fraction of sp³-hybridized carbons (Fsp3) is 0.650. The van der Waals surface area contributed by atoms with E-state index in [1.807, 2.05) is 0 Å². The number of nitrogens with zero attached hydrogens (tertiary/aromatic N) is 3. The van der Waals surface area contributed by atoms with Crippen molar-refractivity contribution in [3.05, 3.63) is 16.7 Å². The van der Waals surface area contributed by atoms with E-state index in [4.69, 9.17) is 9.16 Å². The molecular weight excluding hydrogens is 418 g/mol. The monoisotopic (exact) mass is 449 g/mol. The summed E-state index contributed by atoms with van der Waals surface area (Å²) >= 11 is 0. The number of Topliss-reactive ketones (excluding diaryl/α,β-unsaturated/α-hetero) is 1. The molecule has 1 fully saturated rings. The first-order valence-corrected chi connectivity index (χ1v) is 13.3. The van der Waals surface area contributed by atoms with E-state index >= 15 is 0 Å². The number of amides is 1. The third-order valence-electron chi connectivity index (χ3n) is 5.91. The number of ketones is 1. The number of aromatic amines is 1. The lowest BCUT2D eigenvalue weighted by molar-refractivity contribution is -0.127. The molecule has 0 saturated carbocycles. The Balaban J connectivity index is 1.82. The van der Waals surface area contributed by atoms with Gasteiger partial charge in [-0.25, -0.2) is 4.98 Å². The zero-order valence-electron chi connectivity index (χ0n) is 19.1. The zero-order valence-corrected chi connectivity index (χ0v) is 20.1. The summed E-state index contributed by atoms with van der Waals surface area (Å²) in [7, 11) is -1.97. The highest BCUT2D eigenvalue weighted by molar-refractivity contribution is 6.74. The number of hydrogen-bond donors (Lipinski definition) is 2. The number of fused-ring (bicyclic) bond motifs is 1. The average Bonchev–Trinajstić information content (AvgIpc) is 3.22. The molecule has 0 spiro atoms. The smallest absolute Gasteiger partial charge is 0.280 e. The lowest BCUT2D eigenvalue weighted by Crippen LogP contribution is -2.42. The molecule has 1 saturated heterocycles. The van der Waals surface area contributed by atoms with E-state index in [1.54, 1.807) is 13.8 Å². The number of anilines is 1. The molecule has 0 radical (unpaired) electrons. The lowest BCUT2D eigenvalue weighted by Gasteiger charge is -2.36. The fourth-order valence-electron chi connectivity index (χ4n) is 2.89. The van der Waals surface area contributed by atoms with Gasteiger partial charge < -0.3 is 9.16 Å². The molecule has 1 aliphatic rings. The molecule has 2 N–H and O–H groups in total. The third kappa shape index (κ3) is 4.78. The zero-order chi connectivity index (χ0) is 23.1. The average molecular weight is 450 g/mol. The van der Waals surface area contributed by atoms with E-state index < -0.39 is 20.1 Å². The molecule has 11 heteroatoms. The van der Waals surface area contributed by atoms with E-state index in [0.29, 0.717) is 6.61 Å². The van der Waals surface area contributed by atoms with E-state index in [1.165, 1.54) is 10.9 Å². The number of ether oxygens (including phenoxy) is 1. The molecular formula is C20H31N5O5Si. The second-order valence-corrected chi connectivity index (χ2v) is 14.5. The molecule has 2 aromatic rings. The van der Waals surface area contributed by atoms with Crippen molar-refractivity contribution in [2.24, 2.45) is 5.92 Å². The van der Waals surface area contributed by atoms with Crippen molar-refractivity contribution >= 4 is 37.1 Å². The maximum atomic E-state index is 12.7. The van der Waals surface area contributed by atoms with Gasteiger partial charge in [0.1, 0.15) is 0 Å². The van der Waals surface area contributed by atoms with E-state index in [-0.39, 0.29) is 52.3 Å². The molecule has 1 amide bonds. The Morgan fingerprint density at radius 1 is 1.39 bits per heavy atom. The van der Waals surface area contributed by atoms with Crippen LogP contribution in [0.4, 0.5) is 5.95 Å². The molecule has 2 atom stereocenters. The minimum Gasteiger partial charge on any atom is -0.414 e.